The normalized spacial score (nSPS) is 10.4. The molecule has 2 rings (SSSR count). The van der Waals surface area contributed by atoms with Gasteiger partial charge in [0.2, 0.25) is 0 Å². The number of nitrogens with zero attached hydrogens (tertiary/aromatic N) is 1. The van der Waals surface area contributed by atoms with Crippen LogP contribution in [-0.4, -0.2) is 4.98 Å². The van der Waals surface area contributed by atoms with Crippen molar-refractivity contribution in [3.8, 4) is 11.1 Å². The molecule has 16 heavy (non-hydrogen) atoms. The highest BCUT2D eigenvalue weighted by Crippen LogP contribution is 2.29. The van der Waals surface area contributed by atoms with Gasteiger partial charge >= 0.3 is 0 Å². The molecule has 2 nitrogen and oxygen atoms in total. The lowest BCUT2D eigenvalue weighted by molar-refractivity contribution is 0.579. The molecule has 0 unspecified atom stereocenters. The van der Waals surface area contributed by atoms with Crippen LogP contribution in [0.15, 0.2) is 30.6 Å². The Hall–Kier alpha value is -1.97. The summed E-state index contributed by atoms with van der Waals surface area (Å²) in [4.78, 5) is 3.82. The maximum absolute atomic E-state index is 13.6. The zero-order valence-electron chi connectivity index (χ0n) is 8.67. The maximum Gasteiger partial charge on any atom is 0.134 e. The first-order chi connectivity index (χ1) is 7.59. The third kappa shape index (κ3) is 1.74. The topological polar surface area (TPSA) is 38.9 Å². The molecule has 82 valence electrons. The van der Waals surface area contributed by atoms with Gasteiger partial charge in [-0.2, -0.15) is 0 Å². The van der Waals surface area contributed by atoms with E-state index in [4.69, 9.17) is 5.73 Å². The molecule has 4 heteroatoms. The lowest BCUT2D eigenvalue weighted by Gasteiger charge is -2.08. The fraction of sp³-hybridized carbons (Fsp3) is 0.0833. The summed E-state index contributed by atoms with van der Waals surface area (Å²) < 4.78 is 26.7. The van der Waals surface area contributed by atoms with E-state index >= 15 is 0 Å². The number of nitrogens with two attached hydrogens (primary N) is 1. The zero-order chi connectivity index (χ0) is 11.7. The van der Waals surface area contributed by atoms with Gasteiger partial charge in [0, 0.05) is 23.4 Å². The third-order valence-electron chi connectivity index (χ3n) is 2.39. The molecule has 0 bridgehead atoms. The third-order valence-corrected chi connectivity index (χ3v) is 2.39. The van der Waals surface area contributed by atoms with Crippen molar-refractivity contribution in [3.05, 3.63) is 47.8 Å². The highest BCUT2D eigenvalue weighted by Gasteiger charge is 2.11. The van der Waals surface area contributed by atoms with E-state index < -0.39 is 11.6 Å². The lowest BCUT2D eigenvalue weighted by atomic mass is 10.0. The Morgan fingerprint density at radius 1 is 1.12 bits per heavy atom. The first-order valence-corrected chi connectivity index (χ1v) is 4.75. The molecule has 2 N–H and O–H groups in total. The molecule has 0 amide bonds. The van der Waals surface area contributed by atoms with E-state index in [1.54, 1.807) is 13.0 Å². The molecule has 0 aliphatic heterocycles. The summed E-state index contributed by atoms with van der Waals surface area (Å²) in [5.74, 6) is -1.19. The molecular formula is C12H10F2N2. The van der Waals surface area contributed by atoms with Gasteiger partial charge in [-0.05, 0) is 24.6 Å². The average molecular weight is 220 g/mol. The van der Waals surface area contributed by atoms with E-state index in [-0.39, 0.29) is 0 Å². The Morgan fingerprint density at radius 2 is 1.88 bits per heavy atom. The molecule has 1 aromatic carbocycles. The van der Waals surface area contributed by atoms with Gasteiger partial charge in [-0.25, -0.2) is 8.78 Å². The Balaban J connectivity index is 2.65. The number of halogens is 2. The number of nitrogen functional groups attached to an aromatic ring is 1. The molecule has 0 spiro atoms. The van der Waals surface area contributed by atoms with Gasteiger partial charge in [-0.15, -0.1) is 0 Å². The Bertz CT molecular complexity index is 539. The summed E-state index contributed by atoms with van der Waals surface area (Å²) in [5, 5.41) is 0. The molecule has 0 atom stereocenters. The molecule has 1 heterocycles. The van der Waals surface area contributed by atoms with Crippen molar-refractivity contribution < 1.29 is 8.78 Å². The summed E-state index contributed by atoms with van der Waals surface area (Å²) in [6, 6.07) is 3.91. The van der Waals surface area contributed by atoms with E-state index in [0.717, 1.165) is 6.07 Å². The smallest absolute Gasteiger partial charge is 0.134 e. The molecule has 1 aromatic heterocycles. The SMILES string of the molecule is Cc1cc(-c2ccncc2N)c(F)cc1F. The average Bonchev–Trinajstić information content (AvgIpc) is 2.25. The van der Waals surface area contributed by atoms with Crippen LogP contribution < -0.4 is 5.73 Å². The number of benzene rings is 1. The highest BCUT2D eigenvalue weighted by atomic mass is 19.1. The van der Waals surface area contributed by atoms with Crippen LogP contribution in [0.1, 0.15) is 5.56 Å². The van der Waals surface area contributed by atoms with Gasteiger partial charge in [0.25, 0.3) is 0 Å². The zero-order valence-corrected chi connectivity index (χ0v) is 8.67. The molecule has 0 aliphatic rings. The first kappa shape index (κ1) is 10.5. The van der Waals surface area contributed by atoms with Crippen LogP contribution >= 0.6 is 0 Å². The molecule has 0 radical (unpaired) electrons. The van der Waals surface area contributed by atoms with Crippen molar-refractivity contribution in [1.82, 2.24) is 4.98 Å². The van der Waals surface area contributed by atoms with Crippen molar-refractivity contribution in [2.75, 3.05) is 5.73 Å². The second kappa shape index (κ2) is 3.89. The molecular weight excluding hydrogens is 210 g/mol. The molecule has 2 aromatic rings. The van der Waals surface area contributed by atoms with Gasteiger partial charge in [-0.1, -0.05) is 0 Å². The van der Waals surface area contributed by atoms with Crippen LogP contribution in [0.5, 0.6) is 0 Å². The summed E-state index contributed by atoms with van der Waals surface area (Å²) in [5.41, 5.74) is 7.25. The van der Waals surface area contributed by atoms with Crippen LogP contribution in [0.3, 0.4) is 0 Å². The number of aryl methyl sites for hydroxylation is 1. The van der Waals surface area contributed by atoms with Crippen molar-refractivity contribution in [3.63, 3.8) is 0 Å². The fourth-order valence-corrected chi connectivity index (χ4v) is 1.52. The van der Waals surface area contributed by atoms with E-state index in [1.165, 1.54) is 18.5 Å². The number of hydrogen-bond donors (Lipinski definition) is 1. The van der Waals surface area contributed by atoms with Gasteiger partial charge in [0.15, 0.2) is 0 Å². The van der Waals surface area contributed by atoms with Gasteiger partial charge in [0.1, 0.15) is 11.6 Å². The Kier molecular flexibility index (Phi) is 2.56. The minimum atomic E-state index is -0.624. The molecule has 0 fully saturated rings. The van der Waals surface area contributed by atoms with Gasteiger partial charge in [-0.3, -0.25) is 4.98 Å². The van der Waals surface area contributed by atoms with Gasteiger partial charge in [0.05, 0.1) is 11.9 Å². The van der Waals surface area contributed by atoms with Crippen LogP contribution in [0, 0.1) is 18.6 Å². The second-order valence-corrected chi connectivity index (χ2v) is 3.54. The largest absolute Gasteiger partial charge is 0.397 e. The standard InChI is InChI=1S/C12H10F2N2/c1-7-4-9(11(14)5-10(7)13)8-2-3-16-6-12(8)15/h2-6H,15H2,1H3. The van der Waals surface area contributed by atoms with Crippen LogP contribution in [0.25, 0.3) is 11.1 Å². The number of hydrogen-bond acceptors (Lipinski definition) is 2. The van der Waals surface area contributed by atoms with Crippen LogP contribution in [0.4, 0.5) is 14.5 Å². The number of anilines is 1. The van der Waals surface area contributed by atoms with E-state index in [2.05, 4.69) is 4.98 Å². The maximum atomic E-state index is 13.6. The minimum Gasteiger partial charge on any atom is -0.397 e. The Labute approximate surface area is 91.7 Å². The number of pyridine rings is 1. The monoisotopic (exact) mass is 220 g/mol. The first-order valence-electron chi connectivity index (χ1n) is 4.75. The predicted octanol–water partition coefficient (Wildman–Crippen LogP) is 2.92. The van der Waals surface area contributed by atoms with E-state index in [1.807, 2.05) is 0 Å². The van der Waals surface area contributed by atoms with Crippen LogP contribution in [0.2, 0.25) is 0 Å². The summed E-state index contributed by atoms with van der Waals surface area (Å²) in [6.07, 6.45) is 2.96. The van der Waals surface area contributed by atoms with Crippen LogP contribution in [-0.2, 0) is 0 Å². The summed E-state index contributed by atoms with van der Waals surface area (Å²) in [6.45, 7) is 1.58. The van der Waals surface area contributed by atoms with Crippen molar-refractivity contribution in [1.29, 1.82) is 0 Å². The summed E-state index contributed by atoms with van der Waals surface area (Å²) >= 11 is 0. The minimum absolute atomic E-state index is 0.291. The molecule has 0 saturated carbocycles. The highest BCUT2D eigenvalue weighted by molar-refractivity contribution is 5.76. The van der Waals surface area contributed by atoms with E-state index in [9.17, 15) is 8.78 Å². The van der Waals surface area contributed by atoms with Crippen molar-refractivity contribution in [2.45, 2.75) is 6.92 Å². The van der Waals surface area contributed by atoms with E-state index in [0.29, 0.717) is 22.4 Å². The molecule has 0 aliphatic carbocycles. The second-order valence-electron chi connectivity index (χ2n) is 3.54. The van der Waals surface area contributed by atoms with Crippen molar-refractivity contribution >= 4 is 5.69 Å². The fourth-order valence-electron chi connectivity index (χ4n) is 1.52. The Morgan fingerprint density at radius 3 is 2.56 bits per heavy atom. The quantitative estimate of drug-likeness (QED) is 0.802. The molecule has 0 saturated heterocycles. The lowest BCUT2D eigenvalue weighted by Crippen LogP contribution is -1.95. The number of aromatic nitrogens is 1. The summed E-state index contributed by atoms with van der Waals surface area (Å²) in [7, 11) is 0. The van der Waals surface area contributed by atoms with Gasteiger partial charge < -0.3 is 5.73 Å². The predicted molar refractivity (Wildman–Crippen MR) is 58.7 cm³/mol. The van der Waals surface area contributed by atoms with Crippen molar-refractivity contribution in [2.24, 2.45) is 0 Å². The number of rotatable bonds is 1.